The molecule has 0 radical (unpaired) electrons. The summed E-state index contributed by atoms with van der Waals surface area (Å²) in [5, 5.41) is 22.6. The number of nitrogens with zero attached hydrogens (tertiary/aromatic N) is 6. The number of carboxylic acids is 1. The minimum Gasteiger partial charge on any atom is -0.488 e. The maximum absolute atomic E-state index is 11.5. The molecule has 2 N–H and O–H groups in total. The molecule has 0 aromatic carbocycles. The van der Waals surface area contributed by atoms with E-state index in [1.54, 1.807) is 0 Å². The van der Waals surface area contributed by atoms with E-state index in [0.717, 1.165) is 78.5 Å². The van der Waals surface area contributed by atoms with Crippen molar-refractivity contribution in [1.82, 2.24) is 35.5 Å². The van der Waals surface area contributed by atoms with Crippen LogP contribution in [0.25, 0.3) is 11.4 Å². The molecule has 37 heavy (non-hydrogen) atoms. The first-order chi connectivity index (χ1) is 17.9. The van der Waals surface area contributed by atoms with Crippen molar-refractivity contribution in [3.05, 3.63) is 34.9 Å². The Hall–Kier alpha value is -3.14. The molecule has 10 nitrogen and oxygen atoms in total. The Morgan fingerprint density at radius 2 is 1.97 bits per heavy atom. The van der Waals surface area contributed by atoms with E-state index in [1.165, 1.54) is 18.5 Å². The van der Waals surface area contributed by atoms with E-state index in [9.17, 15) is 9.90 Å². The number of allylic oxidation sites excluding steroid dienone is 1. The fourth-order valence-electron chi connectivity index (χ4n) is 5.58. The first-order valence-corrected chi connectivity index (χ1v) is 13.6. The molecule has 2 aromatic heterocycles. The Labute approximate surface area is 217 Å². The van der Waals surface area contributed by atoms with Gasteiger partial charge >= 0.3 is 5.97 Å². The van der Waals surface area contributed by atoms with Crippen LogP contribution in [0.1, 0.15) is 80.7 Å². The first kappa shape index (κ1) is 24.2. The highest BCUT2D eigenvalue weighted by Gasteiger charge is 2.34. The predicted octanol–water partition coefficient (Wildman–Crippen LogP) is 3.89. The summed E-state index contributed by atoms with van der Waals surface area (Å²) in [5.74, 6) is 0.967. The van der Waals surface area contributed by atoms with Crippen LogP contribution in [-0.4, -0.2) is 54.3 Å². The van der Waals surface area contributed by atoms with E-state index in [1.807, 2.05) is 30.8 Å². The highest BCUT2D eigenvalue weighted by Crippen LogP contribution is 2.45. The number of hydrazine groups is 2. The van der Waals surface area contributed by atoms with Gasteiger partial charge in [-0.2, -0.15) is 0 Å². The van der Waals surface area contributed by atoms with E-state index in [2.05, 4.69) is 33.0 Å². The first-order valence-electron chi connectivity index (χ1n) is 13.6. The molecule has 3 fully saturated rings. The molecule has 2 aromatic rings. The van der Waals surface area contributed by atoms with Gasteiger partial charge in [-0.05, 0) is 82.3 Å². The molecule has 4 aliphatic rings. The molecule has 198 valence electrons. The van der Waals surface area contributed by atoms with Crippen molar-refractivity contribution in [3.63, 3.8) is 0 Å². The number of pyridine rings is 1. The fourth-order valence-corrected chi connectivity index (χ4v) is 5.58. The summed E-state index contributed by atoms with van der Waals surface area (Å²) in [7, 11) is 3.96. The number of carboxylic acid groups (broad SMARTS) is 1. The summed E-state index contributed by atoms with van der Waals surface area (Å²) >= 11 is 0. The number of aliphatic carboxylic acids is 1. The maximum atomic E-state index is 11.5. The summed E-state index contributed by atoms with van der Waals surface area (Å²) in [6, 6.07) is 2.08. The van der Waals surface area contributed by atoms with Gasteiger partial charge < -0.3 is 15.3 Å². The summed E-state index contributed by atoms with van der Waals surface area (Å²) in [5.41, 5.74) is 9.33. The van der Waals surface area contributed by atoms with Crippen molar-refractivity contribution in [2.45, 2.75) is 83.3 Å². The van der Waals surface area contributed by atoms with Crippen LogP contribution >= 0.6 is 0 Å². The maximum Gasteiger partial charge on any atom is 0.306 e. The second-order valence-corrected chi connectivity index (χ2v) is 11.3. The number of aryl methyl sites for hydroxylation is 2. The lowest BCUT2D eigenvalue weighted by Gasteiger charge is -2.28. The van der Waals surface area contributed by atoms with E-state index >= 15 is 0 Å². The molecule has 3 saturated carbocycles. The lowest BCUT2D eigenvalue weighted by molar-refractivity contribution is -0.143. The Morgan fingerprint density at radius 3 is 2.70 bits per heavy atom. The second-order valence-electron chi connectivity index (χ2n) is 11.3. The molecule has 3 heterocycles. The summed E-state index contributed by atoms with van der Waals surface area (Å²) < 4.78 is 8.29. The SMILES string of the molecule is Cc1cc(O[C@H]2CCC[C@H](C(=O)O)C2)c(C2CC2)nc1-c1nnn(C)c1CN1C=C(CC2CC2)NN1C. The van der Waals surface area contributed by atoms with Crippen molar-refractivity contribution < 1.29 is 14.6 Å². The Bertz CT molecular complexity index is 1220. The molecule has 0 amide bonds. The third-order valence-corrected chi connectivity index (χ3v) is 8.12. The third-order valence-electron chi connectivity index (χ3n) is 8.12. The Balaban J connectivity index is 1.26. The van der Waals surface area contributed by atoms with Crippen molar-refractivity contribution in [2.24, 2.45) is 18.9 Å². The zero-order chi connectivity index (χ0) is 25.7. The van der Waals surface area contributed by atoms with Crippen LogP contribution < -0.4 is 10.2 Å². The van der Waals surface area contributed by atoms with Crippen molar-refractivity contribution in [1.29, 1.82) is 0 Å². The van der Waals surface area contributed by atoms with E-state index in [-0.39, 0.29) is 12.0 Å². The normalized spacial score (nSPS) is 24.2. The molecule has 0 unspecified atom stereocenters. The van der Waals surface area contributed by atoms with Crippen molar-refractivity contribution in [2.75, 3.05) is 7.05 Å². The number of hydrogen-bond acceptors (Lipinski definition) is 8. The van der Waals surface area contributed by atoms with E-state index in [4.69, 9.17) is 9.72 Å². The molecule has 0 saturated heterocycles. The van der Waals surface area contributed by atoms with Gasteiger partial charge in [0, 0.05) is 31.9 Å². The van der Waals surface area contributed by atoms with Gasteiger partial charge in [0.15, 0.2) is 0 Å². The van der Waals surface area contributed by atoms with Crippen LogP contribution in [0, 0.1) is 18.8 Å². The van der Waals surface area contributed by atoms with E-state index < -0.39 is 5.97 Å². The molecular formula is C27H37N7O3. The van der Waals surface area contributed by atoms with Gasteiger partial charge in [0.25, 0.3) is 0 Å². The smallest absolute Gasteiger partial charge is 0.306 e. The molecule has 6 rings (SSSR count). The number of carbonyl (C=O) groups is 1. The number of rotatable bonds is 9. The van der Waals surface area contributed by atoms with Gasteiger partial charge in [-0.25, -0.2) is 9.67 Å². The molecule has 3 aliphatic carbocycles. The topological polar surface area (TPSA) is 109 Å². The number of ether oxygens (including phenoxy) is 1. The zero-order valence-electron chi connectivity index (χ0n) is 22.0. The van der Waals surface area contributed by atoms with Gasteiger partial charge in [-0.15, -0.1) is 10.2 Å². The highest BCUT2D eigenvalue weighted by molar-refractivity contribution is 5.70. The van der Waals surface area contributed by atoms with Crippen LogP contribution in [0.3, 0.4) is 0 Å². The van der Waals surface area contributed by atoms with Crippen molar-refractivity contribution >= 4 is 5.97 Å². The summed E-state index contributed by atoms with van der Waals surface area (Å²) in [6.07, 6.45) is 11.1. The van der Waals surface area contributed by atoms with Crippen LogP contribution in [0.5, 0.6) is 5.75 Å². The average molecular weight is 508 g/mol. The zero-order valence-corrected chi connectivity index (χ0v) is 22.0. The van der Waals surface area contributed by atoms with Crippen LogP contribution in [0.4, 0.5) is 0 Å². The van der Waals surface area contributed by atoms with Gasteiger partial charge in [-0.1, -0.05) is 5.21 Å². The standard InChI is InChI=1S/C27H37N7O3/c1-16-11-23(37-21-6-4-5-19(13-21)27(35)36)25(18-9-10-18)28-24(16)26-22(32(2)31-29-26)15-34-14-20(30-33(34)3)12-17-7-8-17/h11,14,17-19,21,30H,4-10,12-13,15H2,1-3H3,(H,35,36)/t19-,21-/m0/s1. The quantitative estimate of drug-likeness (QED) is 0.522. The van der Waals surface area contributed by atoms with Gasteiger partial charge in [0.05, 0.1) is 35.6 Å². The number of aromatic nitrogens is 4. The Morgan fingerprint density at radius 1 is 1.16 bits per heavy atom. The van der Waals surface area contributed by atoms with E-state index in [0.29, 0.717) is 18.9 Å². The molecule has 0 spiro atoms. The van der Waals surface area contributed by atoms with Crippen LogP contribution in [-0.2, 0) is 18.4 Å². The molecule has 0 bridgehead atoms. The van der Waals surface area contributed by atoms with Gasteiger partial charge in [0.1, 0.15) is 11.4 Å². The van der Waals surface area contributed by atoms with Crippen LogP contribution in [0.15, 0.2) is 18.0 Å². The lowest BCUT2D eigenvalue weighted by Crippen LogP contribution is -2.38. The molecular weight excluding hydrogens is 470 g/mol. The number of nitrogens with one attached hydrogen (secondary N) is 1. The number of hydrogen-bond donors (Lipinski definition) is 2. The van der Waals surface area contributed by atoms with Crippen molar-refractivity contribution in [3.8, 4) is 17.1 Å². The molecule has 2 atom stereocenters. The van der Waals surface area contributed by atoms with Gasteiger partial charge in [0.2, 0.25) is 0 Å². The summed E-state index contributed by atoms with van der Waals surface area (Å²) in [4.78, 5) is 16.7. The fraction of sp³-hybridized carbons (Fsp3) is 0.630. The summed E-state index contributed by atoms with van der Waals surface area (Å²) in [6.45, 7) is 2.68. The largest absolute Gasteiger partial charge is 0.488 e. The lowest BCUT2D eigenvalue weighted by atomic mass is 9.87. The molecule has 10 heteroatoms. The van der Waals surface area contributed by atoms with Gasteiger partial charge in [-0.3, -0.25) is 9.80 Å². The second kappa shape index (κ2) is 9.63. The minimum atomic E-state index is -0.719. The predicted molar refractivity (Wildman–Crippen MR) is 137 cm³/mol. The third kappa shape index (κ3) is 5.16. The highest BCUT2D eigenvalue weighted by atomic mass is 16.5. The minimum absolute atomic E-state index is 0.0821. The molecule has 1 aliphatic heterocycles. The van der Waals surface area contributed by atoms with Crippen LogP contribution in [0.2, 0.25) is 0 Å². The average Bonchev–Trinajstić information content (AvgIpc) is 3.79. The monoisotopic (exact) mass is 507 g/mol. The Kier molecular flexibility index (Phi) is 6.30.